The third-order valence-corrected chi connectivity index (χ3v) is 19.9. The second kappa shape index (κ2) is 27.3. The van der Waals surface area contributed by atoms with Gasteiger partial charge in [-0.25, -0.2) is 52.6 Å². The van der Waals surface area contributed by atoms with Crippen LogP contribution in [-0.2, 0) is 65.9 Å². The maximum atomic E-state index is 14.3. The summed E-state index contributed by atoms with van der Waals surface area (Å²) in [5.74, 6) is -7.82. The maximum absolute atomic E-state index is 14.3. The van der Waals surface area contributed by atoms with Crippen molar-refractivity contribution in [1.29, 1.82) is 0 Å². The number of carbonyl (C=O) groups is 3. The minimum Gasteiger partial charge on any atom is -0.481 e. The SMILES string of the molecule is CC(C)(C(=O)O)c1ccccc1.CC(C)(C)OC(=O)N1CC[C@@H]2c3ccccc3N(S(=O)(=O)c3ccccc3)[C@@H]21.CC(C)(C)OC(=O)N1CC[C@]2(NS(=O)(=O)Oc3c(F)cccc3F)c3ccccc3N(S(=O)(=O)c3ccccc3)[C@H]12.NS(=O)(=O)Oc1c(F)cccc1F. The first-order chi connectivity index (χ1) is 43.8. The second-order valence-electron chi connectivity index (χ2n) is 24.2. The molecule has 7 aromatic carbocycles. The van der Waals surface area contributed by atoms with E-state index in [9.17, 15) is 65.6 Å². The summed E-state index contributed by atoms with van der Waals surface area (Å²) in [4.78, 5) is 39.9. The van der Waals surface area contributed by atoms with Gasteiger partial charge in [0.25, 0.3) is 20.0 Å². The number of hydrogen-bond donors (Lipinski definition) is 3. The van der Waals surface area contributed by atoms with Crippen molar-refractivity contribution in [1.82, 2.24) is 14.5 Å². The van der Waals surface area contributed by atoms with Crippen LogP contribution in [0.3, 0.4) is 0 Å². The number of hydrogen-bond acceptors (Lipinski definition) is 15. The number of ether oxygens (including phenoxy) is 2. The van der Waals surface area contributed by atoms with E-state index in [2.05, 4.69) is 14.0 Å². The topological polar surface area (TPSA) is 296 Å². The largest absolute Gasteiger partial charge is 0.481 e. The highest BCUT2D eigenvalue weighted by molar-refractivity contribution is 7.93. The Morgan fingerprint density at radius 3 is 1.44 bits per heavy atom. The Morgan fingerprint density at radius 2 is 0.957 bits per heavy atom. The monoisotopic (exact) mass is 1380 g/mol. The molecule has 0 saturated carbocycles. The minimum absolute atomic E-state index is 0.0674. The molecule has 2 fully saturated rings. The Balaban J connectivity index is 0.000000182. The molecule has 4 N–H and O–H groups in total. The smallest absolute Gasteiger partial charge is 0.412 e. The third kappa shape index (κ3) is 15.5. The molecule has 0 unspecified atom stereocenters. The standard InChI is InChI=1S/C27H27F2N3O7S2.C21H24N2O4S.C10H12O2.C6H5F2NO3S/c1-26(2,3)38-25(33)31-17-16-27(30-41(36,37)39-23-20(28)13-9-14-21(23)29)19-12-7-8-15-22(19)32(24(27)31)40(34,35)18-10-5-4-6-11-18;1-21(2,3)27-20(24)22-14-13-17-16-11-7-8-12-18(16)23(19(17)22)28(25,26)15-9-5-4-6-10-15;1-10(2,9(11)12)8-6-4-3-5-7-8;7-4-2-1-3-5(8)6(4)12-13(9,10)11/h4-15,24,30H,16-17H2,1-3H3;4-12,17,19H,13-14H2,1-3H3;3-7H,1-2H3,(H,11,12);1-3H,(H2,9,10,11)/t24-,27-;17-,19+;;/m01../s1. The zero-order valence-corrected chi connectivity index (χ0v) is 55.2. The first-order valence-corrected chi connectivity index (χ1v) is 34.6. The zero-order valence-electron chi connectivity index (χ0n) is 51.9. The molecule has 0 bridgehead atoms. The van der Waals surface area contributed by atoms with Crippen LogP contribution in [0.1, 0.15) is 90.8 Å². The molecule has 11 rings (SSSR count). The molecule has 4 aliphatic rings. The molecule has 2 amide bonds. The predicted molar refractivity (Wildman–Crippen MR) is 338 cm³/mol. The number of nitrogens with one attached hydrogen (secondary N) is 1. The van der Waals surface area contributed by atoms with Crippen LogP contribution < -0.4 is 26.8 Å². The molecule has 0 aromatic heterocycles. The Labute approximate surface area is 543 Å². The molecule has 4 aliphatic heterocycles. The van der Waals surface area contributed by atoms with Gasteiger partial charge in [0.05, 0.1) is 26.6 Å². The first-order valence-electron chi connectivity index (χ1n) is 28.8. The molecule has 94 heavy (non-hydrogen) atoms. The van der Waals surface area contributed by atoms with Gasteiger partial charge in [0, 0.05) is 24.6 Å². The molecule has 30 heteroatoms. The van der Waals surface area contributed by atoms with Gasteiger partial charge >= 0.3 is 38.8 Å². The molecule has 2 saturated heterocycles. The van der Waals surface area contributed by atoms with E-state index in [-0.39, 0.29) is 39.9 Å². The summed E-state index contributed by atoms with van der Waals surface area (Å²) in [5.41, 5.74) is -1.46. The lowest BCUT2D eigenvalue weighted by molar-refractivity contribution is -0.142. The number of benzene rings is 7. The second-order valence-corrected chi connectivity index (χ2v) is 30.2. The van der Waals surface area contributed by atoms with Gasteiger partial charge in [0.15, 0.2) is 23.3 Å². The molecule has 0 aliphatic carbocycles. The number of halogens is 4. The number of carboxylic acid groups (broad SMARTS) is 1. The first kappa shape index (κ1) is 71.0. The number of nitrogens with two attached hydrogens (primary N) is 1. The van der Waals surface area contributed by atoms with Crippen molar-refractivity contribution in [3.05, 3.63) is 216 Å². The van der Waals surface area contributed by atoms with E-state index in [0.717, 1.165) is 56.7 Å². The molecule has 0 radical (unpaired) electrons. The van der Waals surface area contributed by atoms with Crippen molar-refractivity contribution in [3.63, 3.8) is 0 Å². The van der Waals surface area contributed by atoms with Gasteiger partial charge in [0.1, 0.15) is 29.1 Å². The van der Waals surface area contributed by atoms with Crippen molar-refractivity contribution in [3.8, 4) is 11.5 Å². The number of para-hydroxylation sites is 4. The lowest BCUT2D eigenvalue weighted by atomic mass is 9.85. The van der Waals surface area contributed by atoms with Crippen LogP contribution in [0.25, 0.3) is 0 Å². The molecular formula is C64H68F4N6O16S4. The fraction of sp³-hybridized carbons (Fsp3) is 0.297. The molecular weight excluding hydrogens is 1310 g/mol. The van der Waals surface area contributed by atoms with Gasteiger partial charge in [-0.1, -0.05) is 115 Å². The van der Waals surface area contributed by atoms with Crippen molar-refractivity contribution in [2.45, 2.75) is 118 Å². The lowest BCUT2D eigenvalue weighted by Gasteiger charge is -2.37. The molecule has 0 spiro atoms. The van der Waals surface area contributed by atoms with Crippen LogP contribution in [0.4, 0.5) is 38.5 Å². The van der Waals surface area contributed by atoms with Gasteiger partial charge in [-0.15, -0.1) is 0 Å². The third-order valence-electron chi connectivity index (χ3n) is 14.9. The van der Waals surface area contributed by atoms with E-state index < -0.39 is 128 Å². The number of carboxylic acids is 1. The lowest BCUT2D eigenvalue weighted by Crippen LogP contribution is -2.60. The van der Waals surface area contributed by atoms with E-state index in [1.54, 1.807) is 115 Å². The molecule has 7 aromatic rings. The summed E-state index contributed by atoms with van der Waals surface area (Å²) >= 11 is 0. The fourth-order valence-electron chi connectivity index (χ4n) is 10.8. The van der Waals surface area contributed by atoms with Crippen LogP contribution in [0, 0.1) is 23.3 Å². The number of aliphatic carboxylic acids is 1. The Morgan fingerprint density at radius 1 is 0.532 bits per heavy atom. The average Bonchev–Trinajstić information content (AvgIpc) is 1.54. The highest BCUT2D eigenvalue weighted by Crippen LogP contribution is 2.54. The number of nitrogens with zero attached hydrogens (tertiary/aromatic N) is 4. The summed E-state index contributed by atoms with van der Waals surface area (Å²) in [5, 5.41) is 13.3. The molecule has 502 valence electrons. The van der Waals surface area contributed by atoms with Gasteiger partial charge in [-0.3, -0.25) is 14.6 Å². The quantitative estimate of drug-likeness (QED) is 0.0958. The number of fused-ring (bicyclic) bond motifs is 6. The van der Waals surface area contributed by atoms with E-state index in [1.807, 2.05) is 48.5 Å². The maximum Gasteiger partial charge on any atom is 0.412 e. The summed E-state index contributed by atoms with van der Waals surface area (Å²) in [6.45, 7) is 14.1. The Hall–Kier alpha value is -8.81. The molecule has 4 atom stereocenters. The van der Waals surface area contributed by atoms with E-state index in [0.29, 0.717) is 18.7 Å². The van der Waals surface area contributed by atoms with Crippen LogP contribution >= 0.6 is 0 Å². The normalized spacial score (nSPS) is 18.3. The van der Waals surface area contributed by atoms with Crippen LogP contribution in [0.2, 0.25) is 0 Å². The molecule has 22 nitrogen and oxygen atoms in total. The summed E-state index contributed by atoms with van der Waals surface area (Å²) in [6.07, 6.45) is -2.90. The van der Waals surface area contributed by atoms with Crippen molar-refractivity contribution in [2.24, 2.45) is 5.14 Å². The van der Waals surface area contributed by atoms with Gasteiger partial charge in [-0.05, 0) is 140 Å². The van der Waals surface area contributed by atoms with E-state index >= 15 is 0 Å². The fourth-order valence-corrected chi connectivity index (χ4v) is 15.8. The van der Waals surface area contributed by atoms with E-state index in [1.165, 1.54) is 40.7 Å². The minimum atomic E-state index is -5.02. The number of carbonyl (C=O) groups excluding carboxylic acids is 2. The predicted octanol–water partition coefficient (Wildman–Crippen LogP) is 10.8. The average molecular weight is 1380 g/mol. The van der Waals surface area contributed by atoms with E-state index in [4.69, 9.17) is 18.8 Å². The Bertz CT molecular complexity index is 4380. The van der Waals surface area contributed by atoms with Gasteiger partial charge in [-0.2, -0.15) is 26.7 Å². The number of anilines is 2. The van der Waals surface area contributed by atoms with Crippen LogP contribution in [0.15, 0.2) is 186 Å². The summed E-state index contributed by atoms with van der Waals surface area (Å²) in [7, 11) is -17.6. The van der Waals surface area contributed by atoms with Crippen LogP contribution in [-0.4, -0.2) is 103 Å². The van der Waals surface area contributed by atoms with Gasteiger partial charge in [0.2, 0.25) is 11.5 Å². The number of rotatable bonds is 12. The van der Waals surface area contributed by atoms with Crippen molar-refractivity contribution in [2.75, 3.05) is 21.7 Å². The van der Waals surface area contributed by atoms with Crippen molar-refractivity contribution < 1.29 is 88.6 Å². The zero-order chi connectivity index (χ0) is 69.1. The number of sulfonamides is 2. The molecule has 4 heterocycles. The summed E-state index contributed by atoms with van der Waals surface area (Å²) < 4.78 is 181. The van der Waals surface area contributed by atoms with Crippen molar-refractivity contribution >= 4 is 70.2 Å². The summed E-state index contributed by atoms with van der Waals surface area (Å²) in [6, 6.07) is 44.1. The number of likely N-dealkylation sites (tertiary alicyclic amines) is 2. The Kier molecular flexibility index (Phi) is 20.6. The highest BCUT2D eigenvalue weighted by atomic mass is 32.2. The van der Waals surface area contributed by atoms with Gasteiger partial charge < -0.3 is 22.9 Å². The van der Waals surface area contributed by atoms with Crippen LogP contribution in [0.5, 0.6) is 11.5 Å². The highest BCUT2D eigenvalue weighted by Gasteiger charge is 2.64. The number of amides is 2.